The van der Waals surface area contributed by atoms with Crippen LogP contribution in [-0.4, -0.2) is 36.4 Å². The summed E-state index contributed by atoms with van der Waals surface area (Å²) in [5.74, 6) is 0.0781. The van der Waals surface area contributed by atoms with Crippen LogP contribution in [0, 0.1) is 5.92 Å². The lowest BCUT2D eigenvalue weighted by Gasteiger charge is -2.38. The molecule has 1 aromatic carbocycles. The smallest absolute Gasteiger partial charge is 0.169 e. The molecule has 1 fully saturated rings. The van der Waals surface area contributed by atoms with Crippen LogP contribution in [-0.2, 0) is 10.4 Å². The second-order valence-electron chi connectivity index (χ2n) is 7.15. The monoisotopic (exact) mass is 317 g/mol. The molecule has 1 aromatic rings. The lowest BCUT2D eigenvalue weighted by Crippen LogP contribution is -2.44. The van der Waals surface area contributed by atoms with Crippen molar-refractivity contribution in [1.82, 2.24) is 4.90 Å². The van der Waals surface area contributed by atoms with E-state index in [2.05, 4.69) is 4.90 Å². The van der Waals surface area contributed by atoms with Crippen molar-refractivity contribution in [3.8, 4) is 0 Å². The van der Waals surface area contributed by atoms with Crippen molar-refractivity contribution in [2.45, 2.75) is 57.0 Å². The summed E-state index contributed by atoms with van der Waals surface area (Å²) in [5.41, 5.74) is -0.510. The second kappa shape index (κ2) is 8.60. The molecule has 1 aliphatic carbocycles. The number of aliphatic hydroxyl groups is 1. The zero-order valence-electron chi connectivity index (χ0n) is 14.6. The van der Waals surface area contributed by atoms with E-state index in [1.54, 1.807) is 0 Å². The summed E-state index contributed by atoms with van der Waals surface area (Å²) in [6.45, 7) is 0.987. The Morgan fingerprint density at radius 1 is 1.13 bits per heavy atom. The highest BCUT2D eigenvalue weighted by atomic mass is 16.3. The second-order valence-corrected chi connectivity index (χ2v) is 7.15. The number of carbonyl (C=O) groups is 1. The zero-order valence-corrected chi connectivity index (χ0v) is 14.6. The summed E-state index contributed by atoms with van der Waals surface area (Å²) in [4.78, 5) is 15.1. The highest BCUT2D eigenvalue weighted by molar-refractivity contribution is 5.88. The number of ketones is 1. The summed E-state index contributed by atoms with van der Waals surface area (Å²) in [5, 5.41) is 11.4. The van der Waals surface area contributed by atoms with Gasteiger partial charge in [0.1, 0.15) is 0 Å². The van der Waals surface area contributed by atoms with E-state index in [-0.39, 0.29) is 11.7 Å². The molecule has 3 nitrogen and oxygen atoms in total. The van der Waals surface area contributed by atoms with Crippen molar-refractivity contribution >= 4 is 5.78 Å². The van der Waals surface area contributed by atoms with Crippen molar-refractivity contribution in [3.63, 3.8) is 0 Å². The number of nitrogens with zero attached hydrogens (tertiary/aromatic N) is 1. The molecule has 0 bridgehead atoms. The van der Waals surface area contributed by atoms with Crippen LogP contribution in [0.4, 0.5) is 0 Å². The lowest BCUT2D eigenvalue weighted by molar-refractivity contribution is -0.147. The minimum absolute atomic E-state index is 0.00866. The van der Waals surface area contributed by atoms with Gasteiger partial charge in [-0.25, -0.2) is 0 Å². The van der Waals surface area contributed by atoms with Crippen LogP contribution in [0.5, 0.6) is 0 Å². The molecule has 0 saturated heterocycles. The van der Waals surface area contributed by atoms with Crippen LogP contribution in [0.15, 0.2) is 30.3 Å². The molecule has 0 spiro atoms. The normalized spacial score (nSPS) is 18.8. The van der Waals surface area contributed by atoms with Crippen LogP contribution in [0.2, 0.25) is 0 Å². The first-order chi connectivity index (χ1) is 11.0. The third kappa shape index (κ3) is 4.65. The van der Waals surface area contributed by atoms with Crippen LogP contribution in [0.1, 0.15) is 56.9 Å². The first kappa shape index (κ1) is 18.2. The Morgan fingerprint density at radius 2 is 1.78 bits per heavy atom. The Bertz CT molecular complexity index is 480. The van der Waals surface area contributed by atoms with Crippen molar-refractivity contribution in [2.24, 2.45) is 5.92 Å². The molecule has 128 valence electrons. The maximum Gasteiger partial charge on any atom is 0.169 e. The fourth-order valence-electron chi connectivity index (χ4n) is 3.74. The predicted octanol–water partition coefficient (Wildman–Crippen LogP) is 3.76. The fourth-order valence-corrected chi connectivity index (χ4v) is 3.74. The number of hydrogen-bond acceptors (Lipinski definition) is 3. The molecule has 0 heterocycles. The summed E-state index contributed by atoms with van der Waals surface area (Å²) in [6.07, 6.45) is 7.67. The van der Waals surface area contributed by atoms with E-state index in [4.69, 9.17) is 0 Å². The summed E-state index contributed by atoms with van der Waals surface area (Å²) in [7, 11) is 4.09. The SMILES string of the molecule is CN(C)CCCCC(=O)C(O)(c1ccccc1)C1CCCCC1. The van der Waals surface area contributed by atoms with Crippen LogP contribution < -0.4 is 0 Å². The molecule has 0 aromatic heterocycles. The van der Waals surface area contributed by atoms with Crippen molar-refractivity contribution in [1.29, 1.82) is 0 Å². The van der Waals surface area contributed by atoms with Gasteiger partial charge in [-0.1, -0.05) is 49.6 Å². The van der Waals surface area contributed by atoms with Gasteiger partial charge >= 0.3 is 0 Å². The van der Waals surface area contributed by atoms with E-state index in [1.165, 1.54) is 6.42 Å². The molecule has 0 aliphatic heterocycles. The van der Waals surface area contributed by atoms with Gasteiger partial charge in [-0.15, -0.1) is 0 Å². The molecule has 23 heavy (non-hydrogen) atoms. The minimum atomic E-state index is -1.29. The molecule has 3 heteroatoms. The van der Waals surface area contributed by atoms with Gasteiger partial charge in [-0.2, -0.15) is 0 Å². The topological polar surface area (TPSA) is 40.5 Å². The number of hydrogen-bond donors (Lipinski definition) is 1. The molecule has 0 radical (unpaired) electrons. The molecule has 1 unspecified atom stereocenters. The standard InChI is InChI=1S/C20H31NO2/c1-21(2)16-10-9-15-19(22)20(23,17-11-5-3-6-12-17)18-13-7-4-8-14-18/h3,5-6,11-12,18,23H,4,7-10,13-16H2,1-2H3. The molecule has 1 N–H and O–H groups in total. The maximum absolute atomic E-state index is 12.9. The van der Waals surface area contributed by atoms with E-state index in [0.29, 0.717) is 6.42 Å². The molecular weight excluding hydrogens is 286 g/mol. The third-order valence-corrected chi connectivity index (χ3v) is 5.09. The molecule has 1 aliphatic rings. The van der Waals surface area contributed by atoms with Gasteiger partial charge in [0.05, 0.1) is 0 Å². The Morgan fingerprint density at radius 3 is 2.39 bits per heavy atom. The molecule has 2 rings (SSSR count). The number of rotatable bonds is 8. The Hall–Kier alpha value is -1.19. The van der Waals surface area contributed by atoms with Crippen molar-refractivity contribution in [3.05, 3.63) is 35.9 Å². The Labute approximate surface area is 140 Å². The highest BCUT2D eigenvalue weighted by Crippen LogP contribution is 2.40. The van der Waals surface area contributed by atoms with Gasteiger partial charge in [-0.3, -0.25) is 4.79 Å². The van der Waals surface area contributed by atoms with E-state index in [9.17, 15) is 9.90 Å². The fraction of sp³-hybridized carbons (Fsp3) is 0.650. The van der Waals surface area contributed by atoms with Crippen LogP contribution in [0.3, 0.4) is 0 Å². The average molecular weight is 317 g/mol. The van der Waals surface area contributed by atoms with Crippen LogP contribution >= 0.6 is 0 Å². The van der Waals surface area contributed by atoms with E-state index in [0.717, 1.165) is 50.6 Å². The molecular formula is C20H31NO2. The number of benzene rings is 1. The van der Waals surface area contributed by atoms with Crippen LogP contribution in [0.25, 0.3) is 0 Å². The molecule has 0 amide bonds. The van der Waals surface area contributed by atoms with Gasteiger partial charge in [0.15, 0.2) is 11.4 Å². The van der Waals surface area contributed by atoms with Crippen molar-refractivity contribution in [2.75, 3.05) is 20.6 Å². The quantitative estimate of drug-likeness (QED) is 0.742. The number of unbranched alkanes of at least 4 members (excludes halogenated alkanes) is 1. The Kier molecular flexibility index (Phi) is 6.79. The Balaban J connectivity index is 2.11. The highest BCUT2D eigenvalue weighted by Gasteiger charge is 2.44. The lowest BCUT2D eigenvalue weighted by atomic mass is 9.70. The summed E-state index contributed by atoms with van der Waals surface area (Å²) >= 11 is 0. The molecule has 1 saturated carbocycles. The summed E-state index contributed by atoms with van der Waals surface area (Å²) in [6, 6.07) is 9.59. The van der Waals surface area contributed by atoms with E-state index >= 15 is 0 Å². The van der Waals surface area contributed by atoms with Crippen molar-refractivity contribution < 1.29 is 9.90 Å². The zero-order chi connectivity index (χ0) is 16.7. The minimum Gasteiger partial charge on any atom is -0.377 e. The first-order valence-corrected chi connectivity index (χ1v) is 9.01. The summed E-state index contributed by atoms with van der Waals surface area (Å²) < 4.78 is 0. The predicted molar refractivity (Wildman–Crippen MR) is 94.3 cm³/mol. The largest absolute Gasteiger partial charge is 0.377 e. The van der Waals surface area contributed by atoms with Gasteiger partial charge < -0.3 is 10.0 Å². The van der Waals surface area contributed by atoms with Gasteiger partial charge in [0, 0.05) is 6.42 Å². The van der Waals surface area contributed by atoms with Gasteiger partial charge in [0.25, 0.3) is 0 Å². The van der Waals surface area contributed by atoms with E-state index < -0.39 is 5.60 Å². The molecule has 1 atom stereocenters. The van der Waals surface area contributed by atoms with Gasteiger partial charge in [-0.05, 0) is 57.8 Å². The maximum atomic E-state index is 12.9. The first-order valence-electron chi connectivity index (χ1n) is 9.01. The number of Topliss-reactive ketones (excluding diaryl/α,β-unsaturated/α-hetero) is 1. The number of carbonyl (C=O) groups excluding carboxylic acids is 1. The van der Waals surface area contributed by atoms with E-state index in [1.807, 2.05) is 44.4 Å². The van der Waals surface area contributed by atoms with Gasteiger partial charge in [0.2, 0.25) is 0 Å². The third-order valence-electron chi connectivity index (χ3n) is 5.09. The average Bonchev–Trinajstić information content (AvgIpc) is 2.59.